The van der Waals surface area contributed by atoms with E-state index in [2.05, 4.69) is 10.6 Å². The van der Waals surface area contributed by atoms with Gasteiger partial charge in [-0.15, -0.1) is 0 Å². The van der Waals surface area contributed by atoms with Gasteiger partial charge in [0.1, 0.15) is 23.3 Å². The molecule has 0 aromatic heterocycles. The smallest absolute Gasteiger partial charge is 0.411 e. The number of rotatable bonds is 7. The van der Waals surface area contributed by atoms with Gasteiger partial charge in [0.25, 0.3) is 0 Å². The van der Waals surface area contributed by atoms with Crippen LogP contribution in [0.5, 0.6) is 0 Å². The molecule has 0 bridgehead atoms. The summed E-state index contributed by atoms with van der Waals surface area (Å²) in [4.78, 5) is 60.1. The van der Waals surface area contributed by atoms with Crippen molar-refractivity contribution in [1.82, 2.24) is 20.4 Å². The number of likely N-dealkylation sites (tertiary alicyclic amines) is 2. The van der Waals surface area contributed by atoms with Crippen molar-refractivity contribution in [3.63, 3.8) is 0 Å². The van der Waals surface area contributed by atoms with Gasteiger partial charge in [0.05, 0.1) is 12.1 Å². The molecule has 52 heavy (non-hydrogen) atoms. The van der Waals surface area contributed by atoms with Crippen LogP contribution in [0.4, 0.5) is 9.59 Å². The van der Waals surface area contributed by atoms with Gasteiger partial charge in [-0.1, -0.05) is 86.3 Å². The molecule has 282 valence electrons. The van der Waals surface area contributed by atoms with E-state index < -0.39 is 47.6 Å². The van der Waals surface area contributed by atoms with Crippen molar-refractivity contribution < 1.29 is 28.7 Å². The average molecular weight is 715 g/mol. The number of nitrogens with one attached hydrogen (secondary N) is 2. The highest BCUT2D eigenvalue weighted by Crippen LogP contribution is 2.43. The van der Waals surface area contributed by atoms with Gasteiger partial charge >= 0.3 is 12.2 Å². The maximum absolute atomic E-state index is 14.6. The number of carbonyl (C=O) groups excluding carboxylic acids is 4. The third-order valence-corrected chi connectivity index (χ3v) is 11.2. The second-order valence-electron chi connectivity index (χ2n) is 17.3. The summed E-state index contributed by atoms with van der Waals surface area (Å²) in [5.41, 5.74) is 0.220. The molecule has 2 aliphatic carbocycles. The Morgan fingerprint density at radius 2 is 0.923 bits per heavy atom. The van der Waals surface area contributed by atoms with Crippen LogP contribution in [0.2, 0.25) is 0 Å². The molecule has 2 N–H and O–H groups in total. The molecule has 2 aliphatic heterocycles. The fraction of sp³-hybridized carbons (Fsp3) is 0.619. The number of benzene rings is 2. The summed E-state index contributed by atoms with van der Waals surface area (Å²) in [6.45, 7) is 11.1. The highest BCUT2D eigenvalue weighted by Gasteiger charge is 2.51. The first-order chi connectivity index (χ1) is 24.7. The monoisotopic (exact) mass is 714 g/mol. The standard InChI is InChI=1S/C42H58N4O6/c1-41(2,3)51-39(49)45-31-23-15-13-21-29(31)25-33(45)37(47)43-35(27-17-9-7-10-18-27)36(28-19-11-8-12-20-28)44-38(48)34-26-30-22-14-16-24-32(30)46(34)40(50)52-42(4,5)6/h7-12,17-20,29-36H,13-16,21-26H2,1-6H3,(H,43,47)(H,44,48)/t29-,30-,31-,32-,33-,34-,35-,36-/m0/s1. The molecule has 4 aliphatic rings. The normalized spacial score (nSPS) is 27.1. The molecule has 10 nitrogen and oxygen atoms in total. The number of hydrogen-bond donors (Lipinski definition) is 2. The molecule has 4 amide bonds. The van der Waals surface area contributed by atoms with Crippen LogP contribution in [0.15, 0.2) is 60.7 Å². The van der Waals surface area contributed by atoms with Gasteiger partial charge in [0.2, 0.25) is 11.8 Å². The van der Waals surface area contributed by atoms with Crippen molar-refractivity contribution in [2.24, 2.45) is 11.8 Å². The van der Waals surface area contributed by atoms with Crippen molar-refractivity contribution in [3.8, 4) is 0 Å². The van der Waals surface area contributed by atoms with E-state index in [0.717, 1.165) is 62.5 Å². The minimum Gasteiger partial charge on any atom is -0.444 e. The van der Waals surface area contributed by atoms with Gasteiger partial charge in [-0.2, -0.15) is 0 Å². The second kappa shape index (κ2) is 15.5. The Balaban J connectivity index is 1.33. The molecule has 2 aromatic rings. The molecule has 8 atom stereocenters. The number of hydrogen-bond acceptors (Lipinski definition) is 6. The van der Waals surface area contributed by atoms with Crippen LogP contribution in [0.3, 0.4) is 0 Å². The van der Waals surface area contributed by atoms with E-state index in [9.17, 15) is 19.2 Å². The van der Waals surface area contributed by atoms with E-state index in [0.29, 0.717) is 12.8 Å². The minimum absolute atomic E-state index is 0.0520. The number of carbonyl (C=O) groups is 4. The molecule has 0 radical (unpaired) electrons. The van der Waals surface area contributed by atoms with Crippen LogP contribution in [0.1, 0.15) is 129 Å². The lowest BCUT2D eigenvalue weighted by Crippen LogP contribution is -2.54. The maximum atomic E-state index is 14.6. The van der Waals surface area contributed by atoms with E-state index in [1.54, 1.807) is 9.80 Å². The largest absolute Gasteiger partial charge is 0.444 e. The summed E-state index contributed by atoms with van der Waals surface area (Å²) in [6, 6.07) is 16.4. The third kappa shape index (κ3) is 8.58. The molecular formula is C42H58N4O6. The topological polar surface area (TPSA) is 117 Å². The average Bonchev–Trinajstić information content (AvgIpc) is 3.69. The van der Waals surface area contributed by atoms with Crippen molar-refractivity contribution in [3.05, 3.63) is 71.8 Å². The van der Waals surface area contributed by atoms with E-state index in [4.69, 9.17) is 9.47 Å². The zero-order valence-corrected chi connectivity index (χ0v) is 31.8. The summed E-state index contributed by atoms with van der Waals surface area (Å²) >= 11 is 0. The van der Waals surface area contributed by atoms with Crippen molar-refractivity contribution in [2.45, 2.75) is 153 Å². The predicted octanol–water partition coefficient (Wildman–Crippen LogP) is 7.84. The van der Waals surface area contributed by atoms with E-state index in [1.807, 2.05) is 102 Å². The number of ether oxygens (including phenoxy) is 2. The lowest BCUT2D eigenvalue weighted by Gasteiger charge is -2.37. The molecular weight excluding hydrogens is 656 g/mol. The van der Waals surface area contributed by atoms with Gasteiger partial charge in [-0.3, -0.25) is 19.4 Å². The first-order valence-electron chi connectivity index (χ1n) is 19.4. The van der Waals surface area contributed by atoms with Crippen molar-refractivity contribution >= 4 is 24.0 Å². The summed E-state index contributed by atoms with van der Waals surface area (Å²) in [5, 5.41) is 6.67. The molecule has 2 aromatic carbocycles. The van der Waals surface area contributed by atoms with Crippen LogP contribution < -0.4 is 10.6 Å². The van der Waals surface area contributed by atoms with E-state index in [-0.39, 0.29) is 35.7 Å². The zero-order valence-electron chi connectivity index (χ0n) is 31.8. The molecule has 4 fully saturated rings. The summed E-state index contributed by atoms with van der Waals surface area (Å²) in [6.07, 6.45) is 8.00. The van der Waals surface area contributed by atoms with Crippen LogP contribution in [-0.4, -0.2) is 69.2 Å². The Bertz CT molecular complexity index is 1450. The fourth-order valence-corrected chi connectivity index (χ4v) is 9.08. The Morgan fingerprint density at radius 3 is 1.27 bits per heavy atom. The second-order valence-corrected chi connectivity index (χ2v) is 17.3. The van der Waals surface area contributed by atoms with Gasteiger partial charge in [-0.25, -0.2) is 9.59 Å². The highest BCUT2D eigenvalue weighted by molar-refractivity contribution is 5.88. The van der Waals surface area contributed by atoms with Gasteiger partial charge in [-0.05, 0) is 103 Å². The molecule has 10 heteroatoms. The molecule has 0 unspecified atom stereocenters. The third-order valence-electron chi connectivity index (χ3n) is 11.2. The Labute approximate surface area is 309 Å². The maximum Gasteiger partial charge on any atom is 0.411 e. The summed E-state index contributed by atoms with van der Waals surface area (Å²) in [7, 11) is 0. The molecule has 2 saturated carbocycles. The molecule has 2 heterocycles. The fourth-order valence-electron chi connectivity index (χ4n) is 9.08. The predicted molar refractivity (Wildman–Crippen MR) is 199 cm³/mol. The summed E-state index contributed by atoms with van der Waals surface area (Å²) in [5.74, 6) is -0.0961. The first kappa shape index (κ1) is 37.7. The Hall–Kier alpha value is -4.08. The zero-order chi connectivity index (χ0) is 37.2. The number of fused-ring (bicyclic) bond motifs is 2. The number of nitrogens with zero attached hydrogens (tertiary/aromatic N) is 2. The first-order valence-corrected chi connectivity index (χ1v) is 19.4. The molecule has 2 saturated heterocycles. The Morgan fingerprint density at radius 1 is 0.577 bits per heavy atom. The van der Waals surface area contributed by atoms with Crippen molar-refractivity contribution in [2.75, 3.05) is 0 Å². The van der Waals surface area contributed by atoms with Crippen molar-refractivity contribution in [1.29, 1.82) is 0 Å². The van der Waals surface area contributed by atoms with Gasteiger partial charge in [0, 0.05) is 12.1 Å². The molecule has 6 rings (SSSR count). The van der Waals surface area contributed by atoms with Crippen LogP contribution in [-0.2, 0) is 19.1 Å². The lowest BCUT2D eigenvalue weighted by molar-refractivity contribution is -0.129. The summed E-state index contributed by atoms with van der Waals surface area (Å²) < 4.78 is 11.7. The van der Waals surface area contributed by atoms with Gasteiger partial charge in [0.15, 0.2) is 0 Å². The van der Waals surface area contributed by atoms with Gasteiger partial charge < -0.3 is 20.1 Å². The van der Waals surface area contributed by atoms with E-state index in [1.165, 1.54) is 0 Å². The van der Waals surface area contributed by atoms with Crippen LogP contribution in [0.25, 0.3) is 0 Å². The number of amides is 4. The minimum atomic E-state index is -0.707. The van der Waals surface area contributed by atoms with Crippen LogP contribution >= 0.6 is 0 Å². The quantitative estimate of drug-likeness (QED) is 0.302. The van der Waals surface area contributed by atoms with Crippen LogP contribution in [0, 0.1) is 11.8 Å². The lowest BCUT2D eigenvalue weighted by atomic mass is 9.84. The van der Waals surface area contributed by atoms with E-state index >= 15 is 0 Å². The Kier molecular flexibility index (Phi) is 11.2. The highest BCUT2D eigenvalue weighted by atomic mass is 16.6. The molecule has 0 spiro atoms. The SMILES string of the molecule is CC(C)(C)OC(=O)N1[C@H](C(=O)N[C@@H](c2ccccc2)[C@@H](NC(=O)[C@@H]2C[C@@H]3CCCC[C@@H]3N2C(=O)OC(C)(C)C)c2ccccc2)C[C@@H]2CCCC[C@@H]21.